The molecule has 1 aromatic carbocycles. The van der Waals surface area contributed by atoms with Crippen LogP contribution in [0.25, 0.3) is 11.0 Å². The zero-order valence-electron chi connectivity index (χ0n) is 17.9. The zero-order chi connectivity index (χ0) is 22.7. The van der Waals surface area contributed by atoms with Crippen LogP contribution in [0.2, 0.25) is 0 Å². The summed E-state index contributed by atoms with van der Waals surface area (Å²) in [4.78, 5) is 46.3. The molecule has 0 radical (unpaired) electrons. The third kappa shape index (κ3) is 4.41. The number of hydrogen-bond acceptors (Lipinski definition) is 8. The van der Waals surface area contributed by atoms with Crippen LogP contribution in [0.1, 0.15) is 12.7 Å². The molecule has 0 atom stereocenters. The van der Waals surface area contributed by atoms with Crippen molar-refractivity contribution < 1.29 is 14.3 Å². The van der Waals surface area contributed by atoms with Gasteiger partial charge < -0.3 is 14.8 Å². The number of ether oxygens (including phenoxy) is 2. The number of fused-ring (bicyclic) bond motifs is 1. The first-order valence-corrected chi connectivity index (χ1v) is 10.4. The number of benzene rings is 1. The van der Waals surface area contributed by atoms with Gasteiger partial charge in [-0.05, 0) is 12.1 Å². The lowest BCUT2D eigenvalue weighted by molar-refractivity contribution is -0.113. The summed E-state index contributed by atoms with van der Waals surface area (Å²) in [6.45, 7) is 1.87. The van der Waals surface area contributed by atoms with E-state index in [0.29, 0.717) is 34.5 Å². The van der Waals surface area contributed by atoms with Crippen molar-refractivity contribution in [2.45, 2.75) is 18.4 Å². The Balaban J connectivity index is 1.91. The maximum Gasteiger partial charge on any atom is 0.332 e. The van der Waals surface area contributed by atoms with Crippen LogP contribution in [0.5, 0.6) is 11.5 Å². The van der Waals surface area contributed by atoms with Gasteiger partial charge in [0.2, 0.25) is 5.91 Å². The van der Waals surface area contributed by atoms with Gasteiger partial charge in [-0.1, -0.05) is 18.7 Å². The lowest BCUT2D eigenvalue weighted by Gasteiger charge is -2.13. The summed E-state index contributed by atoms with van der Waals surface area (Å²) in [5, 5.41) is 3.35. The average Bonchev–Trinajstić information content (AvgIpc) is 2.79. The van der Waals surface area contributed by atoms with Gasteiger partial charge in [0.05, 0.1) is 25.7 Å². The highest BCUT2D eigenvalue weighted by Gasteiger charge is 2.18. The molecule has 0 unspecified atom stereocenters. The second kappa shape index (κ2) is 9.21. The van der Waals surface area contributed by atoms with Gasteiger partial charge in [0.15, 0.2) is 5.65 Å². The molecule has 2 aromatic heterocycles. The first kappa shape index (κ1) is 22.3. The zero-order valence-corrected chi connectivity index (χ0v) is 18.7. The topological polar surface area (TPSA) is 117 Å². The number of rotatable bonds is 7. The first-order valence-electron chi connectivity index (χ1n) is 9.42. The largest absolute Gasteiger partial charge is 0.497 e. The van der Waals surface area contributed by atoms with Crippen LogP contribution in [-0.4, -0.2) is 45.0 Å². The quantitative estimate of drug-likeness (QED) is 0.428. The molecule has 2 heterocycles. The molecule has 11 heteroatoms. The SMILES string of the molecule is CCc1nc(SCC(=O)Nc2ccc(OC)cc2OC)c2c(=O)n(C)c(=O)n(C)c2n1. The van der Waals surface area contributed by atoms with Crippen molar-refractivity contribution in [3.63, 3.8) is 0 Å². The van der Waals surface area contributed by atoms with E-state index >= 15 is 0 Å². The molecule has 0 spiro atoms. The summed E-state index contributed by atoms with van der Waals surface area (Å²) >= 11 is 1.11. The summed E-state index contributed by atoms with van der Waals surface area (Å²) in [7, 11) is 5.99. The molecule has 10 nitrogen and oxygen atoms in total. The van der Waals surface area contributed by atoms with Crippen molar-refractivity contribution in [1.82, 2.24) is 19.1 Å². The molecule has 0 aliphatic carbocycles. The maximum absolute atomic E-state index is 12.7. The van der Waals surface area contributed by atoms with E-state index in [1.165, 1.54) is 18.7 Å². The molecule has 1 amide bonds. The van der Waals surface area contributed by atoms with Crippen LogP contribution in [0.15, 0.2) is 32.8 Å². The van der Waals surface area contributed by atoms with Gasteiger partial charge >= 0.3 is 5.69 Å². The van der Waals surface area contributed by atoms with Crippen molar-refractivity contribution in [2.75, 3.05) is 25.3 Å². The molecule has 164 valence electrons. The van der Waals surface area contributed by atoms with E-state index < -0.39 is 11.2 Å². The Morgan fingerprint density at radius 3 is 2.52 bits per heavy atom. The number of amides is 1. The third-order valence-corrected chi connectivity index (χ3v) is 5.63. The Morgan fingerprint density at radius 1 is 1.13 bits per heavy atom. The Kier molecular flexibility index (Phi) is 6.64. The molecular formula is C20H23N5O5S. The summed E-state index contributed by atoms with van der Waals surface area (Å²) in [5.74, 6) is 1.24. The number of aryl methyl sites for hydroxylation is 2. The molecular weight excluding hydrogens is 422 g/mol. The molecule has 0 aliphatic heterocycles. The van der Waals surface area contributed by atoms with E-state index in [9.17, 15) is 14.4 Å². The summed E-state index contributed by atoms with van der Waals surface area (Å²) in [5.41, 5.74) is -0.229. The minimum absolute atomic E-state index is 0.00353. The fourth-order valence-electron chi connectivity index (χ4n) is 2.96. The number of hydrogen-bond donors (Lipinski definition) is 1. The number of nitrogens with zero attached hydrogens (tertiary/aromatic N) is 4. The molecule has 0 bridgehead atoms. The summed E-state index contributed by atoms with van der Waals surface area (Å²) < 4.78 is 12.8. The highest BCUT2D eigenvalue weighted by molar-refractivity contribution is 8.00. The second-order valence-corrected chi connectivity index (χ2v) is 7.57. The van der Waals surface area contributed by atoms with E-state index in [1.54, 1.807) is 32.4 Å². The molecule has 0 saturated carbocycles. The van der Waals surface area contributed by atoms with Crippen LogP contribution in [0.3, 0.4) is 0 Å². The highest BCUT2D eigenvalue weighted by atomic mass is 32.2. The van der Waals surface area contributed by atoms with Gasteiger partial charge in [0, 0.05) is 26.6 Å². The van der Waals surface area contributed by atoms with E-state index in [-0.39, 0.29) is 22.7 Å². The maximum atomic E-state index is 12.7. The van der Waals surface area contributed by atoms with E-state index in [1.807, 2.05) is 6.92 Å². The van der Waals surface area contributed by atoms with E-state index in [4.69, 9.17) is 9.47 Å². The van der Waals surface area contributed by atoms with Crippen LogP contribution >= 0.6 is 11.8 Å². The van der Waals surface area contributed by atoms with Gasteiger partial charge in [-0.2, -0.15) is 0 Å². The van der Waals surface area contributed by atoms with E-state index in [0.717, 1.165) is 16.3 Å². The van der Waals surface area contributed by atoms with Crippen LogP contribution in [0.4, 0.5) is 5.69 Å². The molecule has 0 saturated heterocycles. The fraction of sp³-hybridized carbons (Fsp3) is 0.350. The van der Waals surface area contributed by atoms with Gasteiger partial charge in [-0.3, -0.25) is 18.7 Å². The highest BCUT2D eigenvalue weighted by Crippen LogP contribution is 2.29. The van der Waals surface area contributed by atoms with Crippen LogP contribution in [0, 0.1) is 0 Å². The number of methoxy groups -OCH3 is 2. The van der Waals surface area contributed by atoms with Gasteiger partial charge in [-0.15, -0.1) is 0 Å². The number of thioether (sulfide) groups is 1. The molecule has 31 heavy (non-hydrogen) atoms. The standard InChI is InChI=1S/C20H23N5O5S/c1-6-14-22-17-16(19(27)25(3)20(28)24(17)2)18(23-14)31-10-15(26)21-12-8-7-11(29-4)9-13(12)30-5/h7-9H,6,10H2,1-5H3,(H,21,26). The number of nitrogens with one attached hydrogen (secondary N) is 1. The smallest absolute Gasteiger partial charge is 0.332 e. The van der Waals surface area contributed by atoms with Crippen LogP contribution < -0.4 is 26.0 Å². The average molecular weight is 446 g/mol. The van der Waals surface area contributed by atoms with Crippen molar-refractivity contribution in [2.24, 2.45) is 14.1 Å². The Hall–Kier alpha value is -3.34. The second-order valence-electron chi connectivity index (χ2n) is 6.61. The molecule has 3 rings (SSSR count). The van der Waals surface area contributed by atoms with Crippen molar-refractivity contribution in [3.8, 4) is 11.5 Å². The minimum Gasteiger partial charge on any atom is -0.497 e. The molecule has 0 aliphatic rings. The van der Waals surface area contributed by atoms with Gasteiger partial charge in [0.25, 0.3) is 5.56 Å². The number of carbonyl (C=O) groups excluding carboxylic acids is 1. The number of carbonyl (C=O) groups is 1. The Labute approximate surface area is 182 Å². The summed E-state index contributed by atoms with van der Waals surface area (Å²) in [6, 6.07) is 5.06. The van der Waals surface area contributed by atoms with Gasteiger partial charge in [0.1, 0.15) is 27.7 Å². The lowest BCUT2D eigenvalue weighted by atomic mass is 10.2. The Bertz CT molecular complexity index is 1270. The van der Waals surface area contributed by atoms with Crippen LogP contribution in [-0.2, 0) is 25.3 Å². The monoisotopic (exact) mass is 445 g/mol. The van der Waals surface area contributed by atoms with Crippen molar-refractivity contribution in [1.29, 1.82) is 0 Å². The minimum atomic E-state index is -0.500. The fourth-order valence-corrected chi connectivity index (χ4v) is 3.79. The van der Waals surface area contributed by atoms with Crippen molar-refractivity contribution >= 4 is 34.4 Å². The first-order chi connectivity index (χ1) is 14.8. The Morgan fingerprint density at radius 2 is 1.87 bits per heavy atom. The van der Waals surface area contributed by atoms with E-state index in [2.05, 4.69) is 15.3 Å². The predicted molar refractivity (Wildman–Crippen MR) is 118 cm³/mol. The molecule has 0 fully saturated rings. The number of aromatic nitrogens is 4. The van der Waals surface area contributed by atoms with Crippen molar-refractivity contribution in [3.05, 3.63) is 44.9 Å². The normalized spacial score (nSPS) is 10.9. The third-order valence-electron chi connectivity index (χ3n) is 4.65. The van der Waals surface area contributed by atoms with Gasteiger partial charge in [-0.25, -0.2) is 14.8 Å². The lowest BCUT2D eigenvalue weighted by Crippen LogP contribution is -2.37. The molecule has 3 aromatic rings. The summed E-state index contributed by atoms with van der Waals surface area (Å²) in [6.07, 6.45) is 0.516. The number of anilines is 1. The molecule has 1 N–H and O–H groups in total. The predicted octanol–water partition coefficient (Wildman–Crippen LogP) is 1.34.